The molecule has 5 aromatic rings. The second-order valence-electron chi connectivity index (χ2n) is 11.1. The third-order valence-electron chi connectivity index (χ3n) is 7.41. The minimum Gasteiger partial charge on any atom is -0.497 e. The largest absolute Gasteiger partial charge is 0.497 e. The first kappa shape index (κ1) is 25.8. The molecule has 0 bridgehead atoms. The molecule has 0 amide bonds. The van der Waals surface area contributed by atoms with Crippen LogP contribution >= 0.6 is 0 Å². The normalized spacial score (nSPS) is 12.7. The van der Waals surface area contributed by atoms with Gasteiger partial charge in [0.15, 0.2) is 0 Å². The van der Waals surface area contributed by atoms with Gasteiger partial charge in [-0.25, -0.2) is 4.98 Å². The molecule has 0 aliphatic heterocycles. The highest BCUT2D eigenvalue weighted by Crippen LogP contribution is 2.31. The van der Waals surface area contributed by atoms with Crippen molar-refractivity contribution in [2.45, 2.75) is 58.4 Å². The number of hydrogen-bond acceptors (Lipinski definition) is 3. The van der Waals surface area contributed by atoms with Crippen molar-refractivity contribution >= 4 is 21.8 Å². The maximum atomic E-state index is 6.05. The summed E-state index contributed by atoms with van der Waals surface area (Å²) in [4.78, 5) is 5.08. The van der Waals surface area contributed by atoms with Crippen LogP contribution in [-0.2, 0) is 12.0 Å². The van der Waals surface area contributed by atoms with Crippen LogP contribution < -0.4 is 9.47 Å². The average Bonchev–Trinajstić information content (AvgIpc) is 3.30. The fourth-order valence-electron chi connectivity index (χ4n) is 5.06. The highest BCUT2D eigenvalue weighted by atomic mass is 16.5. The summed E-state index contributed by atoms with van der Waals surface area (Å²) in [6.07, 6.45) is 2.01. The molecule has 1 heterocycles. The molecule has 38 heavy (non-hydrogen) atoms. The Morgan fingerprint density at radius 2 is 1.53 bits per heavy atom. The number of para-hydroxylation sites is 2. The Labute approximate surface area is 226 Å². The molecular weight excluding hydrogens is 468 g/mol. The summed E-state index contributed by atoms with van der Waals surface area (Å²) in [5.41, 5.74) is 4.99. The highest BCUT2D eigenvalue weighted by molar-refractivity contribution is 5.85. The van der Waals surface area contributed by atoms with Crippen LogP contribution in [0.1, 0.15) is 63.4 Å². The van der Waals surface area contributed by atoms with Gasteiger partial charge in [0, 0.05) is 12.5 Å². The van der Waals surface area contributed by atoms with Crippen LogP contribution in [0.3, 0.4) is 0 Å². The first-order valence-corrected chi connectivity index (χ1v) is 13.6. The third kappa shape index (κ3) is 5.55. The summed E-state index contributed by atoms with van der Waals surface area (Å²) in [5.74, 6) is 3.10. The van der Waals surface area contributed by atoms with Gasteiger partial charge in [-0.3, -0.25) is 0 Å². The molecule has 4 heteroatoms. The Hall–Kier alpha value is -3.79. The van der Waals surface area contributed by atoms with Crippen molar-refractivity contribution in [1.29, 1.82) is 0 Å². The number of hydrogen-bond donors (Lipinski definition) is 0. The van der Waals surface area contributed by atoms with Crippen LogP contribution in [0.2, 0.25) is 0 Å². The maximum absolute atomic E-state index is 6.05. The lowest BCUT2D eigenvalue weighted by Gasteiger charge is -2.19. The molecule has 0 aliphatic rings. The van der Waals surface area contributed by atoms with E-state index in [1.54, 1.807) is 7.11 Å². The Bertz CT molecular complexity index is 1530. The molecule has 4 aromatic carbocycles. The molecule has 1 atom stereocenters. The molecule has 0 fully saturated rings. The second kappa shape index (κ2) is 10.9. The van der Waals surface area contributed by atoms with Gasteiger partial charge < -0.3 is 14.0 Å². The minimum absolute atomic E-state index is 0.154. The number of rotatable bonds is 9. The zero-order chi connectivity index (χ0) is 26.7. The van der Waals surface area contributed by atoms with Gasteiger partial charge in [-0.1, -0.05) is 76.2 Å². The summed E-state index contributed by atoms with van der Waals surface area (Å²) in [6, 6.07) is 29.9. The van der Waals surface area contributed by atoms with Gasteiger partial charge in [0.25, 0.3) is 0 Å². The fourth-order valence-corrected chi connectivity index (χ4v) is 5.06. The standard InChI is InChI=1S/C34H38N2O2/c1-24(25-12-13-27-23-30(37-5)17-14-26(27)22-25)33-35-31-10-6-7-11-32(31)36(33)20-8-9-21-38-29-18-15-28(16-19-29)34(2,3)4/h6-7,10-19,22-24H,8-9,20-21H2,1-5H3. The van der Waals surface area contributed by atoms with Crippen molar-refractivity contribution in [2.75, 3.05) is 13.7 Å². The van der Waals surface area contributed by atoms with Crippen molar-refractivity contribution in [3.8, 4) is 11.5 Å². The summed E-state index contributed by atoms with van der Waals surface area (Å²) < 4.78 is 13.8. The van der Waals surface area contributed by atoms with E-state index in [0.717, 1.165) is 42.2 Å². The first-order valence-electron chi connectivity index (χ1n) is 13.6. The maximum Gasteiger partial charge on any atom is 0.119 e. The van der Waals surface area contributed by atoms with E-state index in [0.29, 0.717) is 6.61 Å². The van der Waals surface area contributed by atoms with Gasteiger partial charge >= 0.3 is 0 Å². The van der Waals surface area contributed by atoms with Crippen molar-refractivity contribution in [3.05, 3.63) is 102 Å². The van der Waals surface area contributed by atoms with Crippen LogP contribution in [0.25, 0.3) is 21.8 Å². The van der Waals surface area contributed by atoms with Crippen LogP contribution in [0.15, 0.2) is 84.9 Å². The predicted molar refractivity (Wildman–Crippen MR) is 158 cm³/mol. The van der Waals surface area contributed by atoms with Crippen molar-refractivity contribution in [1.82, 2.24) is 9.55 Å². The Balaban J connectivity index is 1.29. The molecule has 196 valence electrons. The highest BCUT2D eigenvalue weighted by Gasteiger charge is 2.19. The van der Waals surface area contributed by atoms with Crippen molar-refractivity contribution < 1.29 is 9.47 Å². The van der Waals surface area contributed by atoms with Crippen LogP contribution in [-0.4, -0.2) is 23.3 Å². The number of aromatic nitrogens is 2. The number of benzene rings is 4. The summed E-state index contributed by atoms with van der Waals surface area (Å²) in [7, 11) is 1.71. The monoisotopic (exact) mass is 506 g/mol. The number of nitrogens with zero attached hydrogens (tertiary/aromatic N) is 2. The Kier molecular flexibility index (Phi) is 7.42. The number of aryl methyl sites for hydroxylation is 1. The first-order chi connectivity index (χ1) is 18.3. The summed E-state index contributed by atoms with van der Waals surface area (Å²) in [6.45, 7) is 10.6. The van der Waals surface area contributed by atoms with Gasteiger partial charge in [-0.15, -0.1) is 0 Å². The minimum atomic E-state index is 0.154. The number of imidazole rings is 1. The van der Waals surface area contributed by atoms with E-state index in [1.165, 1.54) is 27.4 Å². The van der Waals surface area contributed by atoms with Gasteiger partial charge in [0.2, 0.25) is 0 Å². The quantitative estimate of drug-likeness (QED) is 0.188. The molecule has 0 radical (unpaired) electrons. The van der Waals surface area contributed by atoms with Crippen molar-refractivity contribution in [3.63, 3.8) is 0 Å². The van der Waals surface area contributed by atoms with Crippen LogP contribution in [0, 0.1) is 0 Å². The average molecular weight is 507 g/mol. The lowest BCUT2D eigenvalue weighted by molar-refractivity contribution is 0.303. The Morgan fingerprint density at radius 1 is 0.816 bits per heavy atom. The van der Waals surface area contributed by atoms with E-state index in [4.69, 9.17) is 14.5 Å². The molecule has 0 N–H and O–H groups in total. The topological polar surface area (TPSA) is 36.3 Å². The third-order valence-corrected chi connectivity index (χ3v) is 7.41. The molecule has 0 spiro atoms. The SMILES string of the molecule is COc1ccc2cc(C(C)c3nc4ccccc4n3CCCCOc3ccc(C(C)(C)C)cc3)ccc2c1. The lowest BCUT2D eigenvalue weighted by Crippen LogP contribution is -2.11. The van der Waals surface area contributed by atoms with Gasteiger partial charge in [-0.2, -0.15) is 0 Å². The van der Waals surface area contributed by atoms with Crippen molar-refractivity contribution in [2.24, 2.45) is 0 Å². The van der Waals surface area contributed by atoms with Gasteiger partial charge in [0.05, 0.1) is 24.8 Å². The molecule has 1 aromatic heterocycles. The predicted octanol–water partition coefficient (Wildman–Crippen LogP) is 8.51. The number of methoxy groups -OCH3 is 1. The summed E-state index contributed by atoms with van der Waals surface area (Å²) in [5, 5.41) is 2.40. The number of unbranched alkanes of at least 4 members (excludes halogenated alkanes) is 1. The molecular formula is C34H38N2O2. The molecule has 4 nitrogen and oxygen atoms in total. The van der Waals surface area contributed by atoms with E-state index in [-0.39, 0.29) is 11.3 Å². The second-order valence-corrected chi connectivity index (χ2v) is 11.1. The lowest BCUT2D eigenvalue weighted by atomic mass is 9.87. The fraction of sp³-hybridized carbons (Fsp3) is 0.324. The molecule has 0 aliphatic carbocycles. The Morgan fingerprint density at radius 3 is 2.29 bits per heavy atom. The van der Waals surface area contributed by atoms with Crippen LogP contribution in [0.4, 0.5) is 0 Å². The van der Waals surface area contributed by atoms with E-state index < -0.39 is 0 Å². The molecule has 1 unspecified atom stereocenters. The zero-order valence-electron chi connectivity index (χ0n) is 23.2. The van der Waals surface area contributed by atoms with E-state index in [9.17, 15) is 0 Å². The number of fused-ring (bicyclic) bond motifs is 2. The molecule has 0 saturated heterocycles. The van der Waals surface area contributed by atoms with Crippen LogP contribution in [0.5, 0.6) is 11.5 Å². The van der Waals surface area contributed by atoms with Gasteiger partial charge in [-0.05, 0) is 76.6 Å². The van der Waals surface area contributed by atoms with E-state index >= 15 is 0 Å². The van der Waals surface area contributed by atoms with E-state index in [1.807, 2.05) is 6.07 Å². The number of ether oxygens (including phenoxy) is 2. The molecule has 0 saturated carbocycles. The smallest absolute Gasteiger partial charge is 0.119 e. The van der Waals surface area contributed by atoms with E-state index in [2.05, 4.69) is 111 Å². The summed E-state index contributed by atoms with van der Waals surface area (Å²) >= 11 is 0. The zero-order valence-corrected chi connectivity index (χ0v) is 23.2. The van der Waals surface area contributed by atoms with Gasteiger partial charge in [0.1, 0.15) is 17.3 Å². The molecule has 5 rings (SSSR count).